The highest BCUT2D eigenvalue weighted by Crippen LogP contribution is 2.22. The Labute approximate surface area is 113 Å². The first-order chi connectivity index (χ1) is 8.65. The lowest BCUT2D eigenvalue weighted by atomic mass is 10.4. The third-order valence-corrected chi connectivity index (χ3v) is 4.36. The molecule has 0 fully saturated rings. The van der Waals surface area contributed by atoms with Crippen molar-refractivity contribution in [1.29, 1.82) is 0 Å². The number of thiazole rings is 1. The minimum Gasteiger partial charge on any atom is -0.364 e. The van der Waals surface area contributed by atoms with Gasteiger partial charge in [-0.2, -0.15) is 0 Å². The van der Waals surface area contributed by atoms with Crippen molar-refractivity contribution in [3.63, 3.8) is 0 Å². The highest BCUT2D eigenvalue weighted by molar-refractivity contribution is 8.01. The molecule has 5 nitrogen and oxygen atoms in total. The van der Waals surface area contributed by atoms with Gasteiger partial charge in [0.05, 0.1) is 12.3 Å². The maximum Gasteiger partial charge on any atom is 0.233 e. The maximum absolute atomic E-state index is 11.9. The fourth-order valence-electron chi connectivity index (χ4n) is 1.28. The van der Waals surface area contributed by atoms with E-state index in [1.165, 1.54) is 18.0 Å². The van der Waals surface area contributed by atoms with Gasteiger partial charge in [0.2, 0.25) is 5.91 Å². The predicted octanol–water partition coefficient (Wildman–Crippen LogP) is 2.19. The molecule has 0 aliphatic rings. The summed E-state index contributed by atoms with van der Waals surface area (Å²) >= 11 is 3.03. The first kappa shape index (κ1) is 13.1. The molecule has 0 saturated heterocycles. The Morgan fingerprint density at radius 3 is 3.06 bits per heavy atom. The monoisotopic (exact) mass is 283 g/mol. The quantitative estimate of drug-likeness (QED) is 0.787. The lowest BCUT2D eigenvalue weighted by Gasteiger charge is -2.14. The van der Waals surface area contributed by atoms with Gasteiger partial charge < -0.3 is 9.42 Å². The molecule has 0 radical (unpaired) electrons. The van der Waals surface area contributed by atoms with Crippen LogP contribution >= 0.6 is 23.1 Å². The molecule has 2 aromatic heterocycles. The van der Waals surface area contributed by atoms with Crippen molar-refractivity contribution in [2.75, 3.05) is 12.8 Å². The van der Waals surface area contributed by atoms with Gasteiger partial charge in [-0.15, -0.1) is 11.3 Å². The molecule has 2 aromatic rings. The van der Waals surface area contributed by atoms with Crippen LogP contribution in [0.15, 0.2) is 26.6 Å². The number of aryl methyl sites for hydroxylation is 1. The first-order valence-electron chi connectivity index (χ1n) is 5.33. The number of nitrogens with zero attached hydrogens (tertiary/aromatic N) is 3. The minimum absolute atomic E-state index is 0.0517. The second-order valence-electron chi connectivity index (χ2n) is 3.78. The van der Waals surface area contributed by atoms with E-state index < -0.39 is 0 Å². The zero-order valence-corrected chi connectivity index (χ0v) is 11.8. The molecule has 0 unspecified atom stereocenters. The summed E-state index contributed by atoms with van der Waals surface area (Å²) in [6.07, 6.45) is 1.50. The van der Waals surface area contributed by atoms with Crippen molar-refractivity contribution < 1.29 is 9.32 Å². The van der Waals surface area contributed by atoms with E-state index in [0.29, 0.717) is 12.3 Å². The molecular formula is C11H13N3O2S2. The van der Waals surface area contributed by atoms with Gasteiger partial charge in [0, 0.05) is 24.2 Å². The number of carbonyl (C=O) groups excluding carboxylic acids is 1. The molecule has 0 spiro atoms. The van der Waals surface area contributed by atoms with Gasteiger partial charge >= 0.3 is 0 Å². The van der Waals surface area contributed by atoms with E-state index >= 15 is 0 Å². The SMILES string of the molecule is Cc1csc(SCC(=O)N(C)Cc2ccon2)n1. The molecule has 0 aromatic carbocycles. The summed E-state index contributed by atoms with van der Waals surface area (Å²) in [6, 6.07) is 1.75. The van der Waals surface area contributed by atoms with Gasteiger partial charge in [0.25, 0.3) is 0 Å². The summed E-state index contributed by atoms with van der Waals surface area (Å²) in [7, 11) is 1.75. The Morgan fingerprint density at radius 2 is 2.44 bits per heavy atom. The molecule has 0 saturated carbocycles. The number of carbonyl (C=O) groups is 1. The van der Waals surface area contributed by atoms with Gasteiger partial charge in [-0.25, -0.2) is 4.98 Å². The standard InChI is InChI=1S/C11H13N3O2S2/c1-8-6-17-11(12-8)18-7-10(15)14(2)5-9-3-4-16-13-9/h3-4,6H,5,7H2,1-2H3. The van der Waals surface area contributed by atoms with Crippen molar-refractivity contribution >= 4 is 29.0 Å². The average molecular weight is 283 g/mol. The fraction of sp³-hybridized carbons (Fsp3) is 0.364. The topological polar surface area (TPSA) is 59.2 Å². The van der Waals surface area contributed by atoms with E-state index in [4.69, 9.17) is 4.52 Å². The summed E-state index contributed by atoms with van der Waals surface area (Å²) in [4.78, 5) is 17.8. The molecule has 0 aliphatic carbocycles. The lowest BCUT2D eigenvalue weighted by molar-refractivity contribution is -0.127. The summed E-state index contributed by atoms with van der Waals surface area (Å²) in [6.45, 7) is 2.41. The Bertz CT molecular complexity index is 510. The van der Waals surface area contributed by atoms with E-state index in [-0.39, 0.29) is 5.91 Å². The second-order valence-corrected chi connectivity index (χ2v) is 5.86. The number of thioether (sulfide) groups is 1. The fourth-order valence-corrected chi connectivity index (χ4v) is 3.07. The molecule has 0 N–H and O–H groups in total. The van der Waals surface area contributed by atoms with E-state index in [2.05, 4.69) is 10.1 Å². The number of hydrogen-bond donors (Lipinski definition) is 0. The molecular weight excluding hydrogens is 270 g/mol. The molecule has 96 valence electrons. The molecule has 7 heteroatoms. The maximum atomic E-state index is 11.9. The van der Waals surface area contributed by atoms with E-state index in [0.717, 1.165) is 15.7 Å². The molecule has 2 heterocycles. The number of amides is 1. The third-order valence-electron chi connectivity index (χ3n) is 2.23. The van der Waals surface area contributed by atoms with Crippen LogP contribution in [0, 0.1) is 6.92 Å². The van der Waals surface area contributed by atoms with Crippen LogP contribution in [0.2, 0.25) is 0 Å². The van der Waals surface area contributed by atoms with E-state index in [9.17, 15) is 4.79 Å². The zero-order chi connectivity index (χ0) is 13.0. The normalized spacial score (nSPS) is 10.6. The number of rotatable bonds is 5. The largest absolute Gasteiger partial charge is 0.364 e. The van der Waals surface area contributed by atoms with Crippen LogP contribution in [0.5, 0.6) is 0 Å². The number of aromatic nitrogens is 2. The van der Waals surface area contributed by atoms with Crippen LogP contribution in [-0.2, 0) is 11.3 Å². The van der Waals surface area contributed by atoms with E-state index in [1.54, 1.807) is 29.4 Å². The van der Waals surface area contributed by atoms with Crippen molar-refractivity contribution in [1.82, 2.24) is 15.0 Å². The van der Waals surface area contributed by atoms with Crippen LogP contribution in [0.3, 0.4) is 0 Å². The minimum atomic E-state index is 0.0517. The molecule has 1 amide bonds. The van der Waals surface area contributed by atoms with Gasteiger partial charge in [-0.05, 0) is 6.92 Å². The predicted molar refractivity (Wildman–Crippen MR) is 70.6 cm³/mol. The second kappa shape index (κ2) is 6.01. The summed E-state index contributed by atoms with van der Waals surface area (Å²) in [5.74, 6) is 0.442. The third kappa shape index (κ3) is 3.58. The Morgan fingerprint density at radius 1 is 1.61 bits per heavy atom. The summed E-state index contributed by atoms with van der Waals surface area (Å²) < 4.78 is 5.65. The molecule has 2 rings (SSSR count). The van der Waals surface area contributed by atoms with Crippen molar-refractivity contribution in [2.24, 2.45) is 0 Å². The van der Waals surface area contributed by atoms with Crippen molar-refractivity contribution in [3.8, 4) is 0 Å². The molecule has 18 heavy (non-hydrogen) atoms. The Hall–Kier alpha value is -1.34. The Balaban J connectivity index is 1.80. The van der Waals surface area contributed by atoms with Gasteiger partial charge in [0.1, 0.15) is 12.0 Å². The summed E-state index contributed by atoms with van der Waals surface area (Å²) in [5.41, 5.74) is 1.74. The van der Waals surface area contributed by atoms with Crippen LogP contribution in [0.1, 0.15) is 11.4 Å². The smallest absolute Gasteiger partial charge is 0.233 e. The summed E-state index contributed by atoms with van der Waals surface area (Å²) in [5, 5.41) is 5.75. The molecule has 0 aliphatic heterocycles. The van der Waals surface area contributed by atoms with Crippen LogP contribution in [-0.4, -0.2) is 33.7 Å². The van der Waals surface area contributed by atoms with Crippen molar-refractivity contribution in [3.05, 3.63) is 29.1 Å². The van der Waals surface area contributed by atoms with Gasteiger partial charge in [-0.1, -0.05) is 16.9 Å². The lowest BCUT2D eigenvalue weighted by Crippen LogP contribution is -2.27. The van der Waals surface area contributed by atoms with Gasteiger partial charge in [-0.3, -0.25) is 4.79 Å². The molecule has 0 atom stereocenters. The van der Waals surface area contributed by atoms with E-state index in [1.807, 2.05) is 12.3 Å². The number of hydrogen-bond acceptors (Lipinski definition) is 6. The van der Waals surface area contributed by atoms with Crippen LogP contribution in [0.4, 0.5) is 0 Å². The highest BCUT2D eigenvalue weighted by Gasteiger charge is 2.12. The zero-order valence-electron chi connectivity index (χ0n) is 10.1. The Kier molecular flexibility index (Phi) is 4.38. The van der Waals surface area contributed by atoms with Crippen LogP contribution < -0.4 is 0 Å². The van der Waals surface area contributed by atoms with Gasteiger partial charge in [0.15, 0.2) is 4.34 Å². The van der Waals surface area contributed by atoms with Crippen LogP contribution in [0.25, 0.3) is 0 Å². The average Bonchev–Trinajstić information content (AvgIpc) is 2.97. The highest BCUT2D eigenvalue weighted by atomic mass is 32.2. The van der Waals surface area contributed by atoms with Crippen molar-refractivity contribution in [2.45, 2.75) is 17.8 Å². The molecule has 0 bridgehead atoms. The first-order valence-corrected chi connectivity index (χ1v) is 7.20.